The first kappa shape index (κ1) is 13.7. The summed E-state index contributed by atoms with van der Waals surface area (Å²) in [6.45, 7) is 5.43. The van der Waals surface area contributed by atoms with Crippen molar-refractivity contribution in [1.29, 1.82) is 0 Å². The van der Waals surface area contributed by atoms with Crippen LogP contribution in [0.25, 0.3) is 0 Å². The van der Waals surface area contributed by atoms with Crippen LogP contribution in [0, 0.1) is 0 Å². The first-order valence-electron chi connectivity index (χ1n) is 4.76. The molecular weight excluding hydrogens is 197 g/mol. The van der Waals surface area contributed by atoms with Crippen molar-refractivity contribution in [2.75, 3.05) is 14.2 Å². The number of methoxy groups -OCH3 is 2. The number of hydrogen-bond donors (Lipinski definition) is 0. The minimum Gasteiger partial charge on any atom is -0.494 e. The van der Waals surface area contributed by atoms with Crippen LogP contribution >= 0.6 is 0 Å². The molecule has 0 unspecified atom stereocenters. The zero-order chi connectivity index (χ0) is 11.8. The predicted molar refractivity (Wildman–Crippen MR) is 59.3 cm³/mol. The number of hydrogen-bond acceptors (Lipinski definition) is 3. The summed E-state index contributed by atoms with van der Waals surface area (Å²) in [5.74, 6) is -0.487. The van der Waals surface area contributed by atoms with Crippen LogP contribution in [0.15, 0.2) is 28.5 Å². The van der Waals surface area contributed by atoms with E-state index in [4.69, 9.17) is 9.47 Å². The maximum Gasteiger partial charge on any atom is 0.253 e. The lowest BCUT2D eigenvalue weighted by molar-refractivity contribution is 0.242. The van der Waals surface area contributed by atoms with Crippen LogP contribution in [0.2, 0.25) is 0 Å². The summed E-state index contributed by atoms with van der Waals surface area (Å²) in [5.41, 5.74) is 0.717. The normalized spacial score (nSPS) is 13.1. The lowest BCUT2D eigenvalue weighted by Crippen LogP contribution is -1.96. The molecule has 0 radical (unpaired) electrons. The summed E-state index contributed by atoms with van der Waals surface area (Å²) in [6.07, 6.45) is 2.32. The third-order valence-electron chi connectivity index (χ3n) is 1.53. The van der Waals surface area contributed by atoms with Crippen molar-refractivity contribution in [3.8, 4) is 0 Å². The van der Waals surface area contributed by atoms with Crippen molar-refractivity contribution >= 4 is 5.71 Å². The van der Waals surface area contributed by atoms with Gasteiger partial charge in [-0.3, -0.25) is 0 Å². The fourth-order valence-corrected chi connectivity index (χ4v) is 0.941. The van der Waals surface area contributed by atoms with Gasteiger partial charge in [0.25, 0.3) is 5.88 Å². The zero-order valence-corrected chi connectivity index (χ0v) is 9.93. The van der Waals surface area contributed by atoms with Crippen LogP contribution in [-0.2, 0) is 9.47 Å². The largest absolute Gasteiger partial charge is 0.494 e. The molecule has 0 atom stereocenters. The molecule has 3 nitrogen and oxygen atoms in total. The second-order valence-corrected chi connectivity index (χ2v) is 3.06. The van der Waals surface area contributed by atoms with Crippen molar-refractivity contribution in [3.05, 3.63) is 23.5 Å². The molecule has 0 amide bonds. The quantitative estimate of drug-likeness (QED) is 0.400. The van der Waals surface area contributed by atoms with E-state index >= 15 is 0 Å². The Balaban J connectivity index is 5.17. The van der Waals surface area contributed by atoms with Gasteiger partial charge in [-0.1, -0.05) is 6.92 Å². The molecule has 0 heterocycles. The molecule has 0 aliphatic rings. The highest BCUT2D eigenvalue weighted by Gasteiger charge is 2.12. The molecule has 0 fully saturated rings. The van der Waals surface area contributed by atoms with E-state index < -0.39 is 5.83 Å². The Kier molecular flexibility index (Phi) is 6.42. The molecule has 0 aromatic carbocycles. The number of halogens is 1. The van der Waals surface area contributed by atoms with E-state index in [0.29, 0.717) is 12.1 Å². The summed E-state index contributed by atoms with van der Waals surface area (Å²) in [6, 6.07) is 0. The molecule has 15 heavy (non-hydrogen) atoms. The summed E-state index contributed by atoms with van der Waals surface area (Å²) in [7, 11) is 2.79. The fraction of sp³-hybridized carbons (Fsp3) is 0.545. The standard InChI is InChI=1S/C11H18FNO2/c1-6-7-9(14-4)10(12)11(15-5)13-8(2)3/h7H,6H2,1-5H3/b9-7-,11-10-. The van der Waals surface area contributed by atoms with Crippen molar-refractivity contribution in [2.45, 2.75) is 27.2 Å². The molecule has 0 aliphatic heterocycles. The second kappa shape index (κ2) is 7.04. The van der Waals surface area contributed by atoms with Gasteiger partial charge in [-0.05, 0) is 26.3 Å². The van der Waals surface area contributed by atoms with E-state index in [9.17, 15) is 4.39 Å². The summed E-state index contributed by atoms with van der Waals surface area (Å²) < 4.78 is 23.5. The average Bonchev–Trinajstić information content (AvgIpc) is 2.21. The van der Waals surface area contributed by atoms with Gasteiger partial charge in [0.1, 0.15) is 0 Å². The Morgan fingerprint density at radius 2 is 1.87 bits per heavy atom. The van der Waals surface area contributed by atoms with Gasteiger partial charge < -0.3 is 9.47 Å². The Bertz CT molecular complexity index is 289. The van der Waals surface area contributed by atoms with Crippen LogP contribution in [0.1, 0.15) is 27.2 Å². The minimum absolute atomic E-state index is 0.0587. The maximum absolute atomic E-state index is 13.7. The number of rotatable bonds is 5. The van der Waals surface area contributed by atoms with Crippen molar-refractivity contribution < 1.29 is 13.9 Å². The number of aliphatic imine (C=N–C) groups is 1. The molecule has 0 N–H and O–H groups in total. The molecule has 0 aromatic heterocycles. The Labute approximate surface area is 90.3 Å². The smallest absolute Gasteiger partial charge is 0.253 e. The van der Waals surface area contributed by atoms with Crippen molar-refractivity contribution in [1.82, 2.24) is 0 Å². The van der Waals surface area contributed by atoms with Crippen LogP contribution in [0.5, 0.6) is 0 Å². The van der Waals surface area contributed by atoms with Crippen molar-refractivity contribution in [3.63, 3.8) is 0 Å². The summed E-state index contributed by atoms with van der Waals surface area (Å²) in [5, 5.41) is 0. The lowest BCUT2D eigenvalue weighted by Gasteiger charge is -2.06. The van der Waals surface area contributed by atoms with Gasteiger partial charge in [-0.25, -0.2) is 4.99 Å². The molecule has 4 heteroatoms. The first-order chi connectivity index (χ1) is 7.06. The SMILES string of the molecule is CC/C=C(OC)/C(F)=C(\N=C(C)C)OC. The van der Waals surface area contributed by atoms with Gasteiger partial charge in [0.05, 0.1) is 14.2 Å². The Morgan fingerprint density at radius 3 is 2.20 bits per heavy atom. The van der Waals surface area contributed by atoms with Crippen LogP contribution in [-0.4, -0.2) is 19.9 Å². The van der Waals surface area contributed by atoms with E-state index in [0.717, 1.165) is 0 Å². The molecule has 0 aromatic rings. The van der Waals surface area contributed by atoms with Gasteiger partial charge in [0, 0.05) is 5.71 Å². The second-order valence-electron chi connectivity index (χ2n) is 3.06. The zero-order valence-electron chi connectivity index (χ0n) is 9.93. The molecule has 0 rings (SSSR count). The first-order valence-corrected chi connectivity index (χ1v) is 4.76. The van der Waals surface area contributed by atoms with E-state index in [-0.39, 0.29) is 11.6 Å². The highest BCUT2D eigenvalue weighted by atomic mass is 19.1. The molecule has 0 saturated carbocycles. The monoisotopic (exact) mass is 215 g/mol. The van der Waals surface area contributed by atoms with Gasteiger partial charge in [0.2, 0.25) is 5.83 Å². The Morgan fingerprint density at radius 1 is 1.27 bits per heavy atom. The third-order valence-corrected chi connectivity index (χ3v) is 1.53. The third kappa shape index (κ3) is 4.63. The maximum atomic E-state index is 13.7. The molecule has 0 saturated heterocycles. The lowest BCUT2D eigenvalue weighted by atomic mass is 10.3. The highest BCUT2D eigenvalue weighted by Crippen LogP contribution is 2.19. The Hall–Kier alpha value is -1.32. The minimum atomic E-state index is -0.581. The number of ether oxygens (including phenoxy) is 2. The average molecular weight is 215 g/mol. The van der Waals surface area contributed by atoms with Crippen LogP contribution in [0.3, 0.4) is 0 Å². The number of allylic oxidation sites excluding steroid dienone is 2. The van der Waals surface area contributed by atoms with Gasteiger partial charge in [-0.15, -0.1) is 0 Å². The van der Waals surface area contributed by atoms with Crippen LogP contribution < -0.4 is 0 Å². The number of nitrogens with zero attached hydrogens (tertiary/aromatic N) is 1. The predicted octanol–water partition coefficient (Wildman–Crippen LogP) is 3.19. The molecule has 0 aliphatic carbocycles. The van der Waals surface area contributed by atoms with Gasteiger partial charge >= 0.3 is 0 Å². The topological polar surface area (TPSA) is 30.8 Å². The fourth-order valence-electron chi connectivity index (χ4n) is 0.941. The molecule has 0 spiro atoms. The highest BCUT2D eigenvalue weighted by molar-refractivity contribution is 5.80. The van der Waals surface area contributed by atoms with Crippen molar-refractivity contribution in [2.24, 2.45) is 4.99 Å². The molecule has 86 valence electrons. The summed E-state index contributed by atoms with van der Waals surface area (Å²) in [4.78, 5) is 3.92. The van der Waals surface area contributed by atoms with Crippen LogP contribution in [0.4, 0.5) is 4.39 Å². The van der Waals surface area contributed by atoms with E-state index in [1.165, 1.54) is 14.2 Å². The van der Waals surface area contributed by atoms with E-state index in [1.807, 2.05) is 6.92 Å². The van der Waals surface area contributed by atoms with E-state index in [2.05, 4.69) is 4.99 Å². The van der Waals surface area contributed by atoms with E-state index in [1.54, 1.807) is 19.9 Å². The summed E-state index contributed by atoms with van der Waals surface area (Å²) >= 11 is 0. The molecular formula is C11H18FNO2. The molecule has 0 bridgehead atoms. The van der Waals surface area contributed by atoms with Gasteiger partial charge in [0.15, 0.2) is 5.76 Å². The van der Waals surface area contributed by atoms with Gasteiger partial charge in [-0.2, -0.15) is 4.39 Å².